The predicted molar refractivity (Wildman–Crippen MR) is 127 cm³/mol. The first-order chi connectivity index (χ1) is 16.3. The molecule has 0 aliphatic heterocycles. The number of amidine groups is 1. The van der Waals surface area contributed by atoms with Crippen molar-refractivity contribution in [3.8, 4) is 0 Å². The highest BCUT2D eigenvalue weighted by molar-refractivity contribution is 7.89. The van der Waals surface area contributed by atoms with Crippen molar-refractivity contribution >= 4 is 50.3 Å². The number of H-pyrrole nitrogens is 1. The third-order valence-electron chi connectivity index (χ3n) is 4.77. The molecular weight excluding hydrogens is 485 g/mol. The Labute approximate surface area is 198 Å². The number of anilines is 2. The van der Waals surface area contributed by atoms with Gasteiger partial charge in [0.15, 0.2) is 11.5 Å². The Morgan fingerprint density at radius 3 is 2.68 bits per heavy atom. The van der Waals surface area contributed by atoms with Crippen molar-refractivity contribution in [2.45, 2.75) is 4.90 Å². The number of imidazole rings is 1. The summed E-state index contributed by atoms with van der Waals surface area (Å²) in [6.07, 6.45) is 1.43. The van der Waals surface area contributed by atoms with Crippen LogP contribution in [0.4, 0.5) is 16.0 Å². The fourth-order valence-corrected chi connectivity index (χ4v) is 4.33. The van der Waals surface area contributed by atoms with Gasteiger partial charge in [0, 0.05) is 24.8 Å². The summed E-state index contributed by atoms with van der Waals surface area (Å²) in [7, 11) is -3.63. The zero-order valence-electron chi connectivity index (χ0n) is 17.5. The van der Waals surface area contributed by atoms with Crippen LogP contribution >= 0.6 is 11.6 Å². The smallest absolute Gasteiger partial charge is 0.240 e. The molecule has 0 saturated carbocycles. The second-order valence-corrected chi connectivity index (χ2v) is 9.21. The lowest BCUT2D eigenvalue weighted by Crippen LogP contribution is -2.29. The molecule has 0 fully saturated rings. The first kappa shape index (κ1) is 23.6. The van der Waals surface area contributed by atoms with Gasteiger partial charge in [0.1, 0.15) is 5.82 Å². The van der Waals surface area contributed by atoms with Gasteiger partial charge in [0.25, 0.3) is 0 Å². The van der Waals surface area contributed by atoms with Gasteiger partial charge in [-0.15, -0.1) is 0 Å². The molecule has 0 aliphatic carbocycles. The molecule has 0 aliphatic rings. The number of pyridine rings is 1. The van der Waals surface area contributed by atoms with Crippen LogP contribution in [0.2, 0.25) is 5.02 Å². The normalized spacial score (nSPS) is 11.5. The van der Waals surface area contributed by atoms with Crippen molar-refractivity contribution in [2.75, 3.05) is 23.5 Å². The van der Waals surface area contributed by atoms with E-state index >= 15 is 0 Å². The van der Waals surface area contributed by atoms with Crippen LogP contribution in [0.25, 0.3) is 11.2 Å². The topological polar surface area (TPSA) is 147 Å². The van der Waals surface area contributed by atoms with Crippen LogP contribution in [0.1, 0.15) is 5.56 Å². The van der Waals surface area contributed by atoms with E-state index in [1.165, 1.54) is 36.5 Å². The van der Waals surface area contributed by atoms with Gasteiger partial charge in [0.2, 0.25) is 16.0 Å². The second-order valence-electron chi connectivity index (χ2n) is 7.04. The quantitative estimate of drug-likeness (QED) is 0.107. The van der Waals surface area contributed by atoms with E-state index in [9.17, 15) is 18.0 Å². The Balaban J connectivity index is 1.45. The van der Waals surface area contributed by atoms with Crippen molar-refractivity contribution in [3.63, 3.8) is 0 Å². The van der Waals surface area contributed by atoms with Gasteiger partial charge in [-0.25, -0.2) is 27.6 Å². The van der Waals surface area contributed by atoms with Crippen molar-refractivity contribution in [1.29, 1.82) is 5.41 Å². The third kappa shape index (κ3) is 4.99. The maximum Gasteiger partial charge on any atom is 0.240 e. The Morgan fingerprint density at radius 1 is 1.18 bits per heavy atom. The molecule has 0 spiro atoms. The van der Waals surface area contributed by atoms with E-state index in [1.807, 2.05) is 0 Å². The number of hydrogen-bond acceptors (Lipinski definition) is 7. The number of benzene rings is 2. The summed E-state index contributed by atoms with van der Waals surface area (Å²) in [5.41, 5.74) is 1.02. The number of aromatic nitrogens is 3. The number of hydroxylamine groups is 1. The predicted octanol–water partition coefficient (Wildman–Crippen LogP) is 3.36. The van der Waals surface area contributed by atoms with E-state index in [0.29, 0.717) is 16.5 Å². The van der Waals surface area contributed by atoms with E-state index < -0.39 is 15.8 Å². The largest absolute Gasteiger partial charge is 0.354 e. The van der Waals surface area contributed by atoms with Gasteiger partial charge in [-0.05, 0) is 36.4 Å². The fraction of sp³-hybridized carbons (Fsp3) is 0.0952. The average molecular weight is 504 g/mol. The van der Waals surface area contributed by atoms with E-state index in [4.69, 9.17) is 17.0 Å². The van der Waals surface area contributed by atoms with Gasteiger partial charge in [-0.2, -0.15) is 4.98 Å². The summed E-state index contributed by atoms with van der Waals surface area (Å²) >= 11 is 5.77. The number of hydrogen-bond donors (Lipinski definition) is 5. The summed E-state index contributed by atoms with van der Waals surface area (Å²) in [5.74, 6) is -0.663. The van der Waals surface area contributed by atoms with E-state index in [2.05, 4.69) is 25.0 Å². The van der Waals surface area contributed by atoms with Crippen molar-refractivity contribution < 1.29 is 18.0 Å². The molecule has 4 rings (SSSR count). The molecule has 2 aromatic carbocycles. The lowest BCUT2D eigenvalue weighted by molar-refractivity contribution is 0.312. The monoisotopic (exact) mass is 503 g/mol. The molecule has 0 saturated heterocycles. The average Bonchev–Trinajstić information content (AvgIpc) is 3.26. The molecule has 13 heteroatoms. The highest BCUT2D eigenvalue weighted by Gasteiger charge is 2.18. The van der Waals surface area contributed by atoms with Crippen molar-refractivity contribution in [1.82, 2.24) is 19.7 Å². The summed E-state index contributed by atoms with van der Waals surface area (Å²) in [6, 6.07) is 13.1. The number of halogens is 2. The Kier molecular flexibility index (Phi) is 6.75. The zero-order chi connectivity index (χ0) is 24.3. The van der Waals surface area contributed by atoms with Crippen LogP contribution in [0.5, 0.6) is 0 Å². The minimum absolute atomic E-state index is 0.0973. The minimum Gasteiger partial charge on any atom is -0.354 e. The standard InChI is InChI=1S/C21H19ClFN7O3S/c22-16-12-13(6-7-17(16)23)30(31)19(24)15-8-9-25-20-18(15)28-21(29-20)26-10-11-27-34(32,33)14-4-2-1-3-5-14/h1-9,12,24,27,31H,10-11H2,(H2,25,26,28,29). The molecule has 5 N–H and O–H groups in total. The molecule has 0 atom stereocenters. The van der Waals surface area contributed by atoms with Gasteiger partial charge in [0.05, 0.1) is 21.1 Å². The van der Waals surface area contributed by atoms with Gasteiger partial charge in [-0.1, -0.05) is 29.8 Å². The van der Waals surface area contributed by atoms with Crippen LogP contribution < -0.4 is 15.1 Å². The molecule has 0 amide bonds. The molecule has 10 nitrogen and oxygen atoms in total. The highest BCUT2D eigenvalue weighted by atomic mass is 35.5. The SMILES string of the molecule is N=C(c1ccnc2nc(NCCNS(=O)(=O)c3ccccc3)[nH]c12)N(O)c1ccc(F)c(Cl)c1. The summed E-state index contributed by atoms with van der Waals surface area (Å²) in [6.45, 7) is 0.318. The van der Waals surface area contributed by atoms with Crippen molar-refractivity contribution in [2.24, 2.45) is 0 Å². The minimum atomic E-state index is -3.63. The lowest BCUT2D eigenvalue weighted by atomic mass is 10.2. The highest BCUT2D eigenvalue weighted by Crippen LogP contribution is 2.24. The van der Waals surface area contributed by atoms with Crippen LogP contribution in [0, 0.1) is 11.2 Å². The lowest BCUT2D eigenvalue weighted by Gasteiger charge is -2.18. The molecule has 2 aromatic heterocycles. The Bertz CT molecular complexity index is 1450. The molecule has 176 valence electrons. The van der Waals surface area contributed by atoms with Crippen LogP contribution in [0.3, 0.4) is 0 Å². The number of fused-ring (bicyclic) bond motifs is 1. The maximum absolute atomic E-state index is 13.4. The number of sulfonamides is 1. The summed E-state index contributed by atoms with van der Waals surface area (Å²) < 4.78 is 40.5. The number of nitrogens with zero attached hydrogens (tertiary/aromatic N) is 3. The van der Waals surface area contributed by atoms with Crippen LogP contribution in [0.15, 0.2) is 65.7 Å². The van der Waals surface area contributed by atoms with Crippen LogP contribution in [-0.4, -0.2) is 47.5 Å². The number of rotatable bonds is 8. The molecule has 2 heterocycles. The summed E-state index contributed by atoms with van der Waals surface area (Å²) in [4.78, 5) is 11.6. The van der Waals surface area contributed by atoms with E-state index in [-0.39, 0.29) is 45.7 Å². The number of nitrogens with one attached hydrogen (secondary N) is 4. The molecular formula is C21H19ClFN7O3S. The van der Waals surface area contributed by atoms with E-state index in [1.54, 1.807) is 18.2 Å². The molecule has 4 aromatic rings. The van der Waals surface area contributed by atoms with Gasteiger partial charge in [-0.3, -0.25) is 10.6 Å². The third-order valence-corrected chi connectivity index (χ3v) is 6.54. The number of aromatic amines is 1. The Hall–Kier alpha value is -3.58. The van der Waals surface area contributed by atoms with Crippen LogP contribution in [-0.2, 0) is 10.0 Å². The first-order valence-corrected chi connectivity index (χ1v) is 11.8. The zero-order valence-corrected chi connectivity index (χ0v) is 19.0. The fourth-order valence-electron chi connectivity index (χ4n) is 3.10. The molecule has 34 heavy (non-hydrogen) atoms. The molecule has 0 bridgehead atoms. The molecule has 0 radical (unpaired) electrons. The summed E-state index contributed by atoms with van der Waals surface area (Å²) in [5, 5.41) is 22.2. The maximum atomic E-state index is 13.4. The Morgan fingerprint density at radius 2 is 1.94 bits per heavy atom. The second kappa shape index (κ2) is 9.73. The first-order valence-electron chi connectivity index (χ1n) is 9.92. The van der Waals surface area contributed by atoms with Crippen molar-refractivity contribution in [3.05, 3.63) is 77.2 Å². The van der Waals surface area contributed by atoms with Gasteiger partial charge >= 0.3 is 0 Å². The van der Waals surface area contributed by atoms with Gasteiger partial charge < -0.3 is 10.3 Å². The molecule has 0 unspecified atom stereocenters. The van der Waals surface area contributed by atoms with E-state index in [0.717, 1.165) is 6.07 Å².